The molecule has 0 radical (unpaired) electrons. The molecule has 0 atom stereocenters. The summed E-state index contributed by atoms with van der Waals surface area (Å²) in [6.45, 7) is 3.74. The second-order valence-electron chi connectivity index (χ2n) is 2.75. The third-order valence-corrected chi connectivity index (χ3v) is 1.23. The summed E-state index contributed by atoms with van der Waals surface area (Å²) in [7, 11) is 4.06. The average Bonchev–Trinajstić information content (AvgIpc) is 1.97. The standard InChI is InChI=1S/C8H17N3/c1-8(6-9)7-10-4-5-11(2)3/h6-7H,4-5,9H2,1-3H3/b8-6-,10-7?. The van der Waals surface area contributed by atoms with E-state index >= 15 is 0 Å². The normalized spacial score (nSPS) is 13.3. The van der Waals surface area contributed by atoms with Gasteiger partial charge in [-0.3, -0.25) is 4.99 Å². The van der Waals surface area contributed by atoms with Gasteiger partial charge >= 0.3 is 0 Å². The molecule has 0 fully saturated rings. The van der Waals surface area contributed by atoms with Gasteiger partial charge in [-0.15, -0.1) is 0 Å². The first kappa shape index (κ1) is 10.2. The second kappa shape index (κ2) is 5.92. The first-order chi connectivity index (χ1) is 5.16. The van der Waals surface area contributed by atoms with E-state index in [1.165, 1.54) is 0 Å². The number of rotatable bonds is 4. The highest BCUT2D eigenvalue weighted by Crippen LogP contribution is 1.83. The summed E-state index contributed by atoms with van der Waals surface area (Å²) in [6, 6.07) is 0. The van der Waals surface area contributed by atoms with Crippen LogP contribution in [0.25, 0.3) is 0 Å². The number of allylic oxidation sites excluding steroid dienone is 1. The lowest BCUT2D eigenvalue weighted by Gasteiger charge is -2.05. The van der Waals surface area contributed by atoms with Gasteiger partial charge in [0, 0.05) is 12.8 Å². The lowest BCUT2D eigenvalue weighted by atomic mass is 10.4. The van der Waals surface area contributed by atoms with E-state index in [0.29, 0.717) is 0 Å². The Labute approximate surface area is 68.6 Å². The monoisotopic (exact) mass is 155 g/mol. The van der Waals surface area contributed by atoms with Crippen LogP contribution < -0.4 is 5.73 Å². The van der Waals surface area contributed by atoms with Crippen molar-refractivity contribution in [2.75, 3.05) is 27.2 Å². The summed E-state index contributed by atoms with van der Waals surface area (Å²) in [6.07, 6.45) is 3.35. The molecule has 2 N–H and O–H groups in total. The minimum Gasteiger partial charge on any atom is -0.404 e. The third-order valence-electron chi connectivity index (χ3n) is 1.23. The molecule has 0 rings (SSSR count). The van der Waals surface area contributed by atoms with Gasteiger partial charge < -0.3 is 10.6 Å². The van der Waals surface area contributed by atoms with Gasteiger partial charge in [0.1, 0.15) is 0 Å². The third kappa shape index (κ3) is 7.06. The van der Waals surface area contributed by atoms with E-state index in [-0.39, 0.29) is 0 Å². The molecule has 11 heavy (non-hydrogen) atoms. The van der Waals surface area contributed by atoms with Crippen molar-refractivity contribution in [3.63, 3.8) is 0 Å². The summed E-state index contributed by atoms with van der Waals surface area (Å²) >= 11 is 0. The van der Waals surface area contributed by atoms with Crippen molar-refractivity contribution in [1.29, 1.82) is 0 Å². The van der Waals surface area contributed by atoms with E-state index in [1.807, 2.05) is 21.0 Å². The van der Waals surface area contributed by atoms with Crippen LogP contribution in [0, 0.1) is 0 Å². The van der Waals surface area contributed by atoms with Gasteiger partial charge in [-0.25, -0.2) is 0 Å². The molecule has 0 spiro atoms. The van der Waals surface area contributed by atoms with Crippen molar-refractivity contribution in [3.8, 4) is 0 Å². The van der Waals surface area contributed by atoms with E-state index in [0.717, 1.165) is 18.7 Å². The Hall–Kier alpha value is -0.830. The van der Waals surface area contributed by atoms with Gasteiger partial charge in [-0.2, -0.15) is 0 Å². The molecule has 0 saturated carbocycles. The van der Waals surface area contributed by atoms with Crippen molar-refractivity contribution in [3.05, 3.63) is 11.8 Å². The predicted molar refractivity (Wildman–Crippen MR) is 49.9 cm³/mol. The fraction of sp³-hybridized carbons (Fsp3) is 0.625. The van der Waals surface area contributed by atoms with Gasteiger partial charge in [0.25, 0.3) is 0 Å². The van der Waals surface area contributed by atoms with Gasteiger partial charge in [0.15, 0.2) is 0 Å². The van der Waals surface area contributed by atoms with Crippen LogP contribution in [0.2, 0.25) is 0 Å². The van der Waals surface area contributed by atoms with E-state index < -0.39 is 0 Å². The Morgan fingerprint density at radius 3 is 2.64 bits per heavy atom. The molecule has 0 aliphatic carbocycles. The molecule has 0 aromatic heterocycles. The molecule has 0 heterocycles. The molecule has 0 aromatic rings. The minimum atomic E-state index is 0.832. The summed E-state index contributed by atoms with van der Waals surface area (Å²) in [5, 5.41) is 0. The van der Waals surface area contributed by atoms with Gasteiger partial charge in [0.2, 0.25) is 0 Å². The molecule has 3 heteroatoms. The highest BCUT2D eigenvalue weighted by Gasteiger charge is 1.85. The Kier molecular flexibility index (Phi) is 5.47. The quantitative estimate of drug-likeness (QED) is 0.600. The van der Waals surface area contributed by atoms with Crippen molar-refractivity contribution in [2.24, 2.45) is 10.7 Å². The van der Waals surface area contributed by atoms with Crippen molar-refractivity contribution in [2.45, 2.75) is 6.92 Å². The average molecular weight is 155 g/mol. The number of hydrogen-bond acceptors (Lipinski definition) is 3. The molecular weight excluding hydrogens is 138 g/mol. The molecule has 0 aromatic carbocycles. The van der Waals surface area contributed by atoms with E-state index in [2.05, 4.69) is 9.89 Å². The van der Waals surface area contributed by atoms with Crippen molar-refractivity contribution < 1.29 is 0 Å². The zero-order valence-electron chi connectivity index (χ0n) is 7.54. The van der Waals surface area contributed by atoms with Crippen LogP contribution in [0.4, 0.5) is 0 Å². The summed E-state index contributed by atoms with van der Waals surface area (Å²) in [5.41, 5.74) is 6.25. The van der Waals surface area contributed by atoms with Crippen molar-refractivity contribution in [1.82, 2.24) is 4.90 Å². The fourth-order valence-corrected chi connectivity index (χ4v) is 0.509. The summed E-state index contributed by atoms with van der Waals surface area (Å²) < 4.78 is 0. The highest BCUT2D eigenvalue weighted by molar-refractivity contribution is 5.77. The zero-order chi connectivity index (χ0) is 8.69. The van der Waals surface area contributed by atoms with Crippen LogP contribution in [0.15, 0.2) is 16.8 Å². The van der Waals surface area contributed by atoms with Gasteiger partial charge in [-0.1, -0.05) is 0 Å². The topological polar surface area (TPSA) is 41.6 Å². The first-order valence-corrected chi connectivity index (χ1v) is 3.70. The Bertz CT molecular complexity index is 147. The summed E-state index contributed by atoms with van der Waals surface area (Å²) in [5.74, 6) is 0. The van der Waals surface area contributed by atoms with Crippen molar-refractivity contribution >= 4 is 6.21 Å². The van der Waals surface area contributed by atoms with Crippen LogP contribution >= 0.6 is 0 Å². The Balaban J connectivity index is 3.45. The fourth-order valence-electron chi connectivity index (χ4n) is 0.509. The smallest absolute Gasteiger partial charge is 0.0516 e. The van der Waals surface area contributed by atoms with Crippen LogP contribution in [0.1, 0.15) is 6.92 Å². The van der Waals surface area contributed by atoms with Gasteiger partial charge in [0.05, 0.1) is 6.54 Å². The zero-order valence-corrected chi connectivity index (χ0v) is 7.54. The van der Waals surface area contributed by atoms with Crippen LogP contribution in [-0.4, -0.2) is 38.3 Å². The highest BCUT2D eigenvalue weighted by atomic mass is 15.1. The number of likely N-dealkylation sites (N-methyl/N-ethyl adjacent to an activating group) is 1. The Morgan fingerprint density at radius 2 is 2.18 bits per heavy atom. The maximum Gasteiger partial charge on any atom is 0.0516 e. The lowest BCUT2D eigenvalue weighted by Crippen LogP contribution is -2.15. The molecule has 0 aliphatic heterocycles. The number of aliphatic imine (C=N–C) groups is 1. The molecule has 0 saturated heterocycles. The molecule has 0 unspecified atom stereocenters. The van der Waals surface area contributed by atoms with Crippen LogP contribution in [-0.2, 0) is 0 Å². The maximum atomic E-state index is 5.25. The SMILES string of the molecule is C/C(C=NCCN(C)C)=C/N. The number of nitrogens with zero attached hydrogens (tertiary/aromatic N) is 2. The molecule has 3 nitrogen and oxygen atoms in total. The lowest BCUT2D eigenvalue weighted by molar-refractivity contribution is 0.421. The molecule has 64 valence electrons. The van der Waals surface area contributed by atoms with Crippen LogP contribution in [0.3, 0.4) is 0 Å². The second-order valence-corrected chi connectivity index (χ2v) is 2.75. The van der Waals surface area contributed by atoms with E-state index in [4.69, 9.17) is 5.73 Å². The maximum absolute atomic E-state index is 5.25. The number of hydrogen-bond donors (Lipinski definition) is 1. The predicted octanol–water partition coefficient (Wildman–Crippen LogP) is 0.481. The molecule has 0 aliphatic rings. The largest absolute Gasteiger partial charge is 0.404 e. The minimum absolute atomic E-state index is 0.832. The molecule has 0 amide bonds. The molecular formula is C8H17N3. The molecule has 0 bridgehead atoms. The first-order valence-electron chi connectivity index (χ1n) is 3.70. The van der Waals surface area contributed by atoms with E-state index in [1.54, 1.807) is 12.4 Å². The van der Waals surface area contributed by atoms with E-state index in [9.17, 15) is 0 Å². The summed E-state index contributed by atoms with van der Waals surface area (Å²) in [4.78, 5) is 6.26. The van der Waals surface area contributed by atoms with Gasteiger partial charge in [-0.05, 0) is 32.8 Å². The number of nitrogens with two attached hydrogens (primary N) is 1. The Morgan fingerprint density at radius 1 is 1.55 bits per heavy atom. The van der Waals surface area contributed by atoms with Crippen LogP contribution in [0.5, 0.6) is 0 Å².